The fraction of sp³-hybridized carbons (Fsp3) is 0.524. The number of carbonyl (C=O) groups excluding carboxylic acids is 4. The molecule has 1 N–H and O–H groups in total. The van der Waals surface area contributed by atoms with E-state index in [0.29, 0.717) is 43.2 Å². The van der Waals surface area contributed by atoms with Crippen molar-refractivity contribution in [1.82, 2.24) is 15.1 Å². The Hall–Kier alpha value is -3.30. The van der Waals surface area contributed by atoms with Crippen LogP contribution in [0.25, 0.3) is 0 Å². The first-order chi connectivity index (χ1) is 14.6. The number of anilines is 1. The number of nitrogens with one attached hydrogen (secondary N) is 1. The van der Waals surface area contributed by atoms with Crippen LogP contribution < -0.4 is 15.0 Å². The van der Waals surface area contributed by atoms with Gasteiger partial charge in [0.2, 0.25) is 5.91 Å². The minimum Gasteiger partial charge on any atom is -0.495 e. The van der Waals surface area contributed by atoms with Crippen LogP contribution in [0.4, 0.5) is 15.3 Å². The number of benzene rings is 1. The Morgan fingerprint density at radius 1 is 1.00 bits per heavy atom. The van der Waals surface area contributed by atoms with Crippen molar-refractivity contribution in [2.45, 2.75) is 32.8 Å². The number of hydrogen-bond acceptors (Lipinski definition) is 6. The predicted octanol–water partition coefficient (Wildman–Crippen LogP) is 1.83. The quantitative estimate of drug-likeness (QED) is 0.781. The highest BCUT2D eigenvalue weighted by molar-refractivity contribution is 6.06. The minimum atomic E-state index is -0.569. The Labute approximate surface area is 181 Å². The van der Waals surface area contributed by atoms with E-state index in [1.165, 1.54) is 12.0 Å². The number of urea groups is 1. The summed E-state index contributed by atoms with van der Waals surface area (Å²) in [6.45, 7) is 7.22. The van der Waals surface area contributed by atoms with Gasteiger partial charge in [-0.25, -0.2) is 9.59 Å². The van der Waals surface area contributed by atoms with Gasteiger partial charge in [-0.3, -0.25) is 19.8 Å². The second kappa shape index (κ2) is 8.83. The van der Waals surface area contributed by atoms with E-state index in [2.05, 4.69) is 5.32 Å². The summed E-state index contributed by atoms with van der Waals surface area (Å²) in [4.78, 5) is 53.4. The van der Waals surface area contributed by atoms with Gasteiger partial charge in [-0.05, 0) is 39.0 Å². The van der Waals surface area contributed by atoms with Crippen molar-refractivity contribution in [2.75, 3.05) is 44.7 Å². The third kappa shape index (κ3) is 5.25. The van der Waals surface area contributed by atoms with Crippen LogP contribution in [-0.2, 0) is 9.53 Å². The number of amides is 5. The lowest BCUT2D eigenvalue weighted by Crippen LogP contribution is -2.51. The molecular formula is C21H28N4O6. The Morgan fingerprint density at radius 2 is 1.65 bits per heavy atom. The molecule has 2 fully saturated rings. The summed E-state index contributed by atoms with van der Waals surface area (Å²) in [5, 5.41) is 2.27. The monoisotopic (exact) mass is 432 g/mol. The maximum absolute atomic E-state index is 13.0. The van der Waals surface area contributed by atoms with Crippen LogP contribution in [0, 0.1) is 0 Å². The summed E-state index contributed by atoms with van der Waals surface area (Å²) < 4.78 is 10.8. The molecule has 0 radical (unpaired) electrons. The molecule has 5 amide bonds. The number of methoxy groups -OCH3 is 1. The zero-order valence-electron chi connectivity index (χ0n) is 18.3. The summed E-state index contributed by atoms with van der Waals surface area (Å²) in [7, 11) is 1.46. The molecule has 0 saturated carbocycles. The first kappa shape index (κ1) is 22.4. The van der Waals surface area contributed by atoms with E-state index in [1.807, 2.05) is 20.8 Å². The number of imide groups is 1. The van der Waals surface area contributed by atoms with Crippen molar-refractivity contribution in [2.24, 2.45) is 0 Å². The zero-order chi connectivity index (χ0) is 22.8. The molecule has 2 saturated heterocycles. The molecule has 0 bridgehead atoms. The average molecular weight is 432 g/mol. The van der Waals surface area contributed by atoms with Gasteiger partial charge in [0.1, 0.15) is 11.4 Å². The van der Waals surface area contributed by atoms with Crippen LogP contribution in [0.3, 0.4) is 0 Å². The van der Waals surface area contributed by atoms with E-state index in [4.69, 9.17) is 9.47 Å². The van der Waals surface area contributed by atoms with Crippen molar-refractivity contribution < 1.29 is 28.7 Å². The fourth-order valence-corrected chi connectivity index (χ4v) is 3.43. The smallest absolute Gasteiger partial charge is 0.410 e. The molecule has 0 atom stereocenters. The summed E-state index contributed by atoms with van der Waals surface area (Å²) in [5.41, 5.74) is 0.333. The number of nitrogens with zero attached hydrogens (tertiary/aromatic N) is 3. The maximum Gasteiger partial charge on any atom is 0.410 e. The van der Waals surface area contributed by atoms with Crippen LogP contribution >= 0.6 is 0 Å². The summed E-state index contributed by atoms with van der Waals surface area (Å²) >= 11 is 0. The highest BCUT2D eigenvalue weighted by Gasteiger charge is 2.30. The molecule has 168 valence electrons. The van der Waals surface area contributed by atoms with Crippen LogP contribution in [0.1, 0.15) is 37.6 Å². The number of ether oxygens (including phenoxy) is 2. The standard InChI is InChI=1S/C21H28N4O6/c1-21(2,3)31-20(29)24-11-9-23(10-12-24)18(27)14-5-6-15(16(13-14)30-4)25-8-7-17(26)22-19(25)28/h5-6,13H,7-12H2,1-4H3,(H,22,26,28). The highest BCUT2D eigenvalue weighted by Crippen LogP contribution is 2.31. The molecule has 1 aromatic rings. The number of rotatable bonds is 3. The molecule has 2 aliphatic rings. The van der Waals surface area contributed by atoms with Gasteiger partial charge in [-0.2, -0.15) is 0 Å². The normalized spacial score (nSPS) is 17.4. The van der Waals surface area contributed by atoms with Crippen LogP contribution in [0.15, 0.2) is 18.2 Å². The first-order valence-electron chi connectivity index (χ1n) is 10.2. The molecule has 2 aliphatic heterocycles. The second-order valence-corrected chi connectivity index (χ2v) is 8.40. The lowest BCUT2D eigenvalue weighted by atomic mass is 10.1. The Bertz CT molecular complexity index is 886. The van der Waals surface area contributed by atoms with Gasteiger partial charge in [0.15, 0.2) is 0 Å². The molecule has 10 nitrogen and oxygen atoms in total. The van der Waals surface area contributed by atoms with Crippen molar-refractivity contribution in [3.05, 3.63) is 23.8 Å². The predicted molar refractivity (Wildman–Crippen MR) is 112 cm³/mol. The molecule has 31 heavy (non-hydrogen) atoms. The molecule has 2 heterocycles. The zero-order valence-corrected chi connectivity index (χ0v) is 18.3. The second-order valence-electron chi connectivity index (χ2n) is 8.40. The van der Waals surface area contributed by atoms with E-state index < -0.39 is 11.6 Å². The van der Waals surface area contributed by atoms with E-state index in [1.54, 1.807) is 28.0 Å². The fourth-order valence-electron chi connectivity index (χ4n) is 3.43. The Balaban J connectivity index is 1.67. The van der Waals surface area contributed by atoms with E-state index >= 15 is 0 Å². The van der Waals surface area contributed by atoms with Gasteiger partial charge >= 0.3 is 12.1 Å². The van der Waals surface area contributed by atoms with E-state index in [-0.39, 0.29) is 30.9 Å². The molecule has 0 unspecified atom stereocenters. The first-order valence-corrected chi connectivity index (χ1v) is 10.2. The SMILES string of the molecule is COc1cc(C(=O)N2CCN(C(=O)OC(C)(C)C)CC2)ccc1N1CCC(=O)NC1=O. The maximum atomic E-state index is 13.0. The highest BCUT2D eigenvalue weighted by atomic mass is 16.6. The minimum absolute atomic E-state index is 0.188. The van der Waals surface area contributed by atoms with Gasteiger partial charge in [-0.15, -0.1) is 0 Å². The van der Waals surface area contributed by atoms with Crippen molar-refractivity contribution in [3.8, 4) is 5.75 Å². The van der Waals surface area contributed by atoms with Crippen molar-refractivity contribution in [1.29, 1.82) is 0 Å². The van der Waals surface area contributed by atoms with Crippen LogP contribution in [0.2, 0.25) is 0 Å². The van der Waals surface area contributed by atoms with Crippen molar-refractivity contribution in [3.63, 3.8) is 0 Å². The van der Waals surface area contributed by atoms with Crippen molar-refractivity contribution >= 4 is 29.6 Å². The summed E-state index contributed by atoms with van der Waals surface area (Å²) in [5.74, 6) is -0.146. The van der Waals surface area contributed by atoms with Gasteiger partial charge in [0, 0.05) is 44.7 Å². The van der Waals surface area contributed by atoms with Gasteiger partial charge in [0.25, 0.3) is 5.91 Å². The average Bonchev–Trinajstić information content (AvgIpc) is 2.72. The number of carbonyl (C=O) groups is 4. The summed E-state index contributed by atoms with van der Waals surface area (Å²) in [6.07, 6.45) is -0.193. The molecular weight excluding hydrogens is 404 g/mol. The Morgan fingerprint density at radius 3 is 2.23 bits per heavy atom. The lowest BCUT2D eigenvalue weighted by molar-refractivity contribution is -0.120. The van der Waals surface area contributed by atoms with Gasteiger partial charge in [-0.1, -0.05) is 0 Å². The molecule has 0 aliphatic carbocycles. The van der Waals surface area contributed by atoms with Crippen LogP contribution in [0.5, 0.6) is 5.75 Å². The van der Waals surface area contributed by atoms with Gasteiger partial charge < -0.3 is 19.3 Å². The molecule has 3 rings (SSSR count). The topological polar surface area (TPSA) is 108 Å². The third-order valence-corrected chi connectivity index (χ3v) is 4.99. The van der Waals surface area contributed by atoms with Crippen LogP contribution in [-0.4, -0.2) is 79.2 Å². The number of hydrogen-bond donors (Lipinski definition) is 1. The molecule has 10 heteroatoms. The summed E-state index contributed by atoms with van der Waals surface area (Å²) in [6, 6.07) is 4.33. The molecule has 0 aromatic heterocycles. The largest absolute Gasteiger partial charge is 0.495 e. The van der Waals surface area contributed by atoms with E-state index in [9.17, 15) is 19.2 Å². The number of piperazine rings is 1. The molecule has 0 spiro atoms. The molecule has 1 aromatic carbocycles. The third-order valence-electron chi connectivity index (χ3n) is 4.99. The lowest BCUT2D eigenvalue weighted by Gasteiger charge is -2.35. The van der Waals surface area contributed by atoms with E-state index in [0.717, 1.165) is 0 Å². The Kier molecular flexibility index (Phi) is 6.37. The van der Waals surface area contributed by atoms with Gasteiger partial charge in [0.05, 0.1) is 12.8 Å².